The number of amides is 2. The molecule has 3 aromatic heterocycles. The van der Waals surface area contributed by atoms with Gasteiger partial charge in [-0.05, 0) is 93.7 Å². The Morgan fingerprint density at radius 1 is 1.09 bits per heavy atom. The van der Waals surface area contributed by atoms with Crippen molar-refractivity contribution in [3.63, 3.8) is 0 Å². The molecule has 3 N–H and O–H groups in total. The lowest BCUT2D eigenvalue weighted by atomic mass is 9.93. The zero-order chi connectivity index (χ0) is 39.2. The van der Waals surface area contributed by atoms with Crippen LogP contribution in [0.2, 0.25) is 0 Å². The number of fused-ring (bicyclic) bond motifs is 2. The summed E-state index contributed by atoms with van der Waals surface area (Å²) in [4.78, 5) is 48.1. The second kappa shape index (κ2) is 17.5. The van der Waals surface area contributed by atoms with Crippen molar-refractivity contribution in [2.24, 2.45) is 12.8 Å². The van der Waals surface area contributed by atoms with Gasteiger partial charge < -0.3 is 39.6 Å². The molecule has 0 aliphatic carbocycles. The van der Waals surface area contributed by atoms with E-state index in [0.29, 0.717) is 53.0 Å². The minimum atomic E-state index is -0.205. The van der Waals surface area contributed by atoms with Crippen molar-refractivity contribution in [1.29, 1.82) is 0 Å². The van der Waals surface area contributed by atoms with Gasteiger partial charge in [-0.1, -0.05) is 6.07 Å². The number of unbranched alkanes of at least 4 members (excludes halogenated alkanes) is 2. The SMILES string of the molecule is COc1cc(-c2cn(C)c(=O)c3cc(C(=O)NCCCCCOc4ccc5c(c4)CCN(C(=O)/C(N)=C/c4nccs4)C5C)sc23)cc(OC)c1CN(C)C. The van der Waals surface area contributed by atoms with Gasteiger partial charge in [-0.3, -0.25) is 14.4 Å². The minimum Gasteiger partial charge on any atom is -0.496 e. The number of aromatic nitrogens is 2. The van der Waals surface area contributed by atoms with Crippen molar-refractivity contribution in [1.82, 2.24) is 24.7 Å². The first kappa shape index (κ1) is 39.5. The quantitative estimate of drug-likeness (QED) is 0.0935. The fourth-order valence-corrected chi connectivity index (χ4v) is 8.58. The number of aryl methyl sites for hydroxylation is 1. The molecule has 2 aromatic carbocycles. The number of hydrogen-bond acceptors (Lipinski definition) is 11. The average molecular weight is 785 g/mol. The number of nitrogens with zero attached hydrogens (tertiary/aromatic N) is 4. The molecule has 6 rings (SSSR count). The van der Waals surface area contributed by atoms with Crippen molar-refractivity contribution < 1.29 is 23.8 Å². The van der Waals surface area contributed by atoms with Crippen molar-refractivity contribution in [3.05, 3.63) is 96.8 Å². The van der Waals surface area contributed by atoms with Gasteiger partial charge in [0.2, 0.25) is 0 Å². The predicted molar refractivity (Wildman–Crippen MR) is 219 cm³/mol. The molecule has 0 saturated heterocycles. The first-order valence-electron chi connectivity index (χ1n) is 18.2. The number of carbonyl (C=O) groups is 2. The summed E-state index contributed by atoms with van der Waals surface area (Å²) in [5, 5.41) is 6.08. The van der Waals surface area contributed by atoms with Gasteiger partial charge in [-0.15, -0.1) is 22.7 Å². The molecule has 4 heterocycles. The maximum Gasteiger partial charge on any atom is 0.270 e. The summed E-state index contributed by atoms with van der Waals surface area (Å²) < 4.78 is 19.9. The highest BCUT2D eigenvalue weighted by Crippen LogP contribution is 2.40. The Hall–Kier alpha value is -5.18. The molecule has 1 unspecified atom stereocenters. The molecular weight excluding hydrogens is 737 g/mol. The van der Waals surface area contributed by atoms with E-state index in [0.717, 1.165) is 58.4 Å². The van der Waals surface area contributed by atoms with E-state index in [1.165, 1.54) is 28.2 Å². The summed E-state index contributed by atoms with van der Waals surface area (Å²) in [5.74, 6) is 1.79. The van der Waals surface area contributed by atoms with Crippen molar-refractivity contribution in [3.8, 4) is 28.4 Å². The van der Waals surface area contributed by atoms with Gasteiger partial charge in [0, 0.05) is 60.8 Å². The topological polar surface area (TPSA) is 141 Å². The zero-order valence-corrected chi connectivity index (χ0v) is 33.8. The molecule has 1 aliphatic heterocycles. The summed E-state index contributed by atoms with van der Waals surface area (Å²) in [5.41, 5.74) is 11.0. The molecule has 2 amide bonds. The number of nitrogens with one attached hydrogen (secondary N) is 1. The van der Waals surface area contributed by atoms with Gasteiger partial charge in [-0.2, -0.15) is 0 Å². The number of thiophene rings is 1. The van der Waals surface area contributed by atoms with Crippen molar-refractivity contribution in [2.45, 2.75) is 45.2 Å². The Labute approximate surface area is 329 Å². The average Bonchev–Trinajstić information content (AvgIpc) is 3.86. The van der Waals surface area contributed by atoms with Crippen LogP contribution in [-0.4, -0.2) is 79.2 Å². The number of nitrogens with two attached hydrogens (primary N) is 1. The summed E-state index contributed by atoms with van der Waals surface area (Å²) in [6.45, 7) is 4.29. The fourth-order valence-electron chi connectivity index (χ4n) is 6.91. The van der Waals surface area contributed by atoms with Crippen molar-refractivity contribution in [2.75, 3.05) is 48.0 Å². The van der Waals surface area contributed by atoms with Gasteiger partial charge in [0.25, 0.3) is 17.4 Å². The number of rotatable bonds is 15. The summed E-state index contributed by atoms with van der Waals surface area (Å²) in [7, 11) is 8.94. The van der Waals surface area contributed by atoms with Crippen LogP contribution in [0.1, 0.15) is 63.6 Å². The minimum absolute atomic E-state index is 0.109. The summed E-state index contributed by atoms with van der Waals surface area (Å²) >= 11 is 2.75. The van der Waals surface area contributed by atoms with Crippen LogP contribution in [0.5, 0.6) is 17.2 Å². The predicted octanol–water partition coefficient (Wildman–Crippen LogP) is 6.23. The van der Waals surface area contributed by atoms with Crippen molar-refractivity contribution >= 4 is 50.7 Å². The first-order valence-corrected chi connectivity index (χ1v) is 19.9. The van der Waals surface area contributed by atoms with E-state index in [1.807, 2.05) is 60.5 Å². The Morgan fingerprint density at radius 3 is 2.55 bits per heavy atom. The van der Waals surface area contributed by atoms with E-state index < -0.39 is 0 Å². The number of benzene rings is 2. The molecule has 5 aromatic rings. The maximum atomic E-state index is 13.3. The number of ether oxygens (including phenoxy) is 3. The van der Waals surface area contributed by atoms with Gasteiger partial charge in [0.15, 0.2) is 0 Å². The maximum absolute atomic E-state index is 13.3. The molecule has 0 spiro atoms. The zero-order valence-electron chi connectivity index (χ0n) is 32.1. The fraction of sp³-hybridized carbons (Fsp3) is 0.366. The molecule has 290 valence electrons. The summed E-state index contributed by atoms with van der Waals surface area (Å²) in [6, 6.07) is 11.5. The van der Waals surface area contributed by atoms with Gasteiger partial charge in [0.05, 0.1) is 42.7 Å². The Morgan fingerprint density at radius 2 is 1.85 bits per heavy atom. The highest BCUT2D eigenvalue weighted by molar-refractivity contribution is 7.21. The molecule has 0 radical (unpaired) electrons. The molecule has 1 atom stereocenters. The van der Waals surface area contributed by atoms with E-state index in [2.05, 4.69) is 16.4 Å². The van der Waals surface area contributed by atoms with Gasteiger partial charge in [-0.25, -0.2) is 4.98 Å². The largest absolute Gasteiger partial charge is 0.496 e. The molecule has 14 heteroatoms. The molecule has 0 saturated carbocycles. The van der Waals surface area contributed by atoms with Gasteiger partial charge in [0.1, 0.15) is 28.0 Å². The van der Waals surface area contributed by atoms with Crippen LogP contribution in [0.4, 0.5) is 0 Å². The number of thiazole rings is 1. The highest BCUT2D eigenvalue weighted by Gasteiger charge is 2.29. The van der Waals surface area contributed by atoms with Crippen LogP contribution in [0.3, 0.4) is 0 Å². The Kier molecular flexibility index (Phi) is 12.6. The lowest BCUT2D eigenvalue weighted by Gasteiger charge is -2.35. The van der Waals surface area contributed by atoms with E-state index in [9.17, 15) is 14.4 Å². The van der Waals surface area contributed by atoms with Crippen LogP contribution in [0.15, 0.2) is 64.7 Å². The lowest BCUT2D eigenvalue weighted by Crippen LogP contribution is -2.41. The van der Waals surface area contributed by atoms with Crippen LogP contribution in [-0.2, 0) is 24.8 Å². The number of hydrogen-bond donors (Lipinski definition) is 2. The van der Waals surface area contributed by atoms with Crippen LogP contribution in [0.25, 0.3) is 27.3 Å². The molecular formula is C41H48N6O6S2. The molecule has 0 bridgehead atoms. The molecule has 0 fully saturated rings. The Balaban J connectivity index is 1.01. The monoisotopic (exact) mass is 784 g/mol. The molecule has 12 nitrogen and oxygen atoms in total. The second-order valence-electron chi connectivity index (χ2n) is 13.8. The van der Waals surface area contributed by atoms with E-state index in [-0.39, 0.29) is 29.1 Å². The number of methoxy groups -OCH3 is 2. The number of pyridine rings is 1. The Bertz CT molecular complexity index is 2240. The third-order valence-corrected chi connectivity index (χ3v) is 11.6. The molecule has 1 aliphatic rings. The lowest BCUT2D eigenvalue weighted by molar-refractivity contribution is -0.129. The first-order chi connectivity index (χ1) is 26.5. The highest BCUT2D eigenvalue weighted by atomic mass is 32.1. The van der Waals surface area contributed by atoms with E-state index in [4.69, 9.17) is 19.9 Å². The van der Waals surface area contributed by atoms with Gasteiger partial charge >= 0.3 is 0 Å². The van der Waals surface area contributed by atoms with E-state index in [1.54, 1.807) is 50.4 Å². The third-order valence-electron chi connectivity index (χ3n) is 9.73. The van der Waals surface area contributed by atoms with Crippen LogP contribution in [0, 0.1) is 0 Å². The molecule has 55 heavy (non-hydrogen) atoms. The third kappa shape index (κ3) is 8.87. The second-order valence-corrected chi connectivity index (χ2v) is 15.8. The van der Waals surface area contributed by atoms with E-state index >= 15 is 0 Å². The standard InChI is InChI=1S/C41H48N6O6S2/c1-25-29-11-10-28(18-26(29)12-15-47(25)41(50)33(42)22-37-43-14-17-54-37)53-16-9-7-8-13-44-39(48)36-21-30-38(55-36)31(24-46(4)40(30)49)27-19-34(51-5)32(23-45(2)3)35(20-27)52-6/h10-11,14,17-22,24-25H,7-9,12-13,15-16,23,42H2,1-6H3,(H,44,48)/b33-22-. The van der Waals surface area contributed by atoms with Crippen LogP contribution < -0.4 is 30.8 Å². The normalized spacial score (nSPS) is 14.3. The smallest absolute Gasteiger partial charge is 0.270 e. The summed E-state index contributed by atoms with van der Waals surface area (Å²) in [6.07, 6.45) is 8.34. The number of carbonyl (C=O) groups excluding carboxylic acids is 2. The van der Waals surface area contributed by atoms with Crippen LogP contribution >= 0.6 is 22.7 Å².